The van der Waals surface area contributed by atoms with Gasteiger partial charge in [-0.25, -0.2) is 0 Å². The van der Waals surface area contributed by atoms with Gasteiger partial charge in [-0.05, 0) is 29.8 Å². The van der Waals surface area contributed by atoms with E-state index in [0.29, 0.717) is 18.7 Å². The van der Waals surface area contributed by atoms with Crippen LogP contribution in [-0.4, -0.2) is 25.3 Å². The molecule has 21 heavy (non-hydrogen) atoms. The van der Waals surface area contributed by atoms with Crippen molar-refractivity contribution in [2.45, 2.75) is 11.5 Å². The lowest BCUT2D eigenvalue weighted by Crippen LogP contribution is -2.25. The number of carbonyl (C=O) groups excluding carboxylic acids is 1. The molecule has 0 aliphatic rings. The summed E-state index contributed by atoms with van der Waals surface area (Å²) in [6.07, 6.45) is 0. The lowest BCUT2D eigenvalue weighted by atomic mass is 10.1. The van der Waals surface area contributed by atoms with E-state index in [4.69, 9.17) is 4.74 Å². The van der Waals surface area contributed by atoms with Crippen molar-refractivity contribution in [3.8, 4) is 0 Å². The van der Waals surface area contributed by atoms with Crippen LogP contribution in [0.1, 0.15) is 15.9 Å². The van der Waals surface area contributed by atoms with Gasteiger partial charge in [-0.1, -0.05) is 30.3 Å². The first-order chi connectivity index (χ1) is 10.3. The van der Waals surface area contributed by atoms with E-state index >= 15 is 0 Å². The number of thioether (sulfide) groups is 1. The molecule has 2 rings (SSSR count). The van der Waals surface area contributed by atoms with Gasteiger partial charge in [-0.15, -0.1) is 11.8 Å². The Hall–Kier alpha value is -1.78. The number of methoxy groups -OCH3 is 1. The molecule has 0 atom stereocenters. The molecule has 1 N–H and O–H groups in total. The third-order valence-electron chi connectivity index (χ3n) is 2.93. The third kappa shape index (κ3) is 5.25. The fraction of sp³-hybridized carbons (Fsp3) is 0.235. The number of benzene rings is 2. The van der Waals surface area contributed by atoms with Crippen LogP contribution in [0.4, 0.5) is 0 Å². The Morgan fingerprint density at radius 1 is 1.10 bits per heavy atom. The fourth-order valence-corrected chi connectivity index (χ4v) is 2.66. The average molecular weight is 301 g/mol. The normalized spacial score (nSPS) is 10.3. The summed E-state index contributed by atoms with van der Waals surface area (Å²) in [4.78, 5) is 13.2. The lowest BCUT2D eigenvalue weighted by molar-refractivity contribution is 0.0956. The Balaban J connectivity index is 1.74. The van der Waals surface area contributed by atoms with E-state index in [1.54, 1.807) is 18.9 Å². The minimum Gasteiger partial charge on any atom is -0.380 e. The van der Waals surface area contributed by atoms with Gasteiger partial charge in [-0.3, -0.25) is 4.79 Å². The minimum absolute atomic E-state index is 0.0346. The summed E-state index contributed by atoms with van der Waals surface area (Å²) < 4.78 is 5.05. The summed E-state index contributed by atoms with van der Waals surface area (Å²) in [5.74, 6) is 0.824. The molecule has 0 bridgehead atoms. The lowest BCUT2D eigenvalue weighted by Gasteiger charge is -2.06. The maximum Gasteiger partial charge on any atom is 0.251 e. The van der Waals surface area contributed by atoms with E-state index in [1.165, 1.54) is 4.90 Å². The van der Waals surface area contributed by atoms with E-state index in [2.05, 4.69) is 17.4 Å². The quantitative estimate of drug-likeness (QED) is 0.629. The Labute approximate surface area is 129 Å². The zero-order chi connectivity index (χ0) is 14.9. The molecule has 0 unspecified atom stereocenters. The summed E-state index contributed by atoms with van der Waals surface area (Å²) in [5.41, 5.74) is 1.74. The van der Waals surface area contributed by atoms with Gasteiger partial charge in [0.25, 0.3) is 5.91 Å². The fourth-order valence-electron chi connectivity index (χ4n) is 1.87. The van der Waals surface area contributed by atoms with Gasteiger partial charge >= 0.3 is 0 Å². The zero-order valence-corrected chi connectivity index (χ0v) is 12.9. The molecule has 4 heteroatoms. The molecule has 2 aromatic carbocycles. The van der Waals surface area contributed by atoms with Crippen molar-refractivity contribution in [2.75, 3.05) is 19.4 Å². The van der Waals surface area contributed by atoms with E-state index < -0.39 is 0 Å². The van der Waals surface area contributed by atoms with Crippen molar-refractivity contribution < 1.29 is 9.53 Å². The Kier molecular flexibility index (Phi) is 6.31. The first-order valence-electron chi connectivity index (χ1n) is 6.83. The number of nitrogens with one attached hydrogen (secondary N) is 1. The SMILES string of the molecule is COCc1ccc(C(=O)NCCSc2ccccc2)cc1. The molecule has 0 spiro atoms. The number of hydrogen-bond acceptors (Lipinski definition) is 3. The van der Waals surface area contributed by atoms with Crippen molar-refractivity contribution in [3.05, 3.63) is 65.7 Å². The first kappa shape index (κ1) is 15.6. The standard InChI is InChI=1S/C17H19NO2S/c1-20-13-14-7-9-15(10-8-14)17(19)18-11-12-21-16-5-3-2-4-6-16/h2-10H,11-13H2,1H3,(H,18,19). The molecule has 0 fully saturated rings. The van der Waals surface area contributed by atoms with Crippen LogP contribution >= 0.6 is 11.8 Å². The molecule has 0 heterocycles. The number of hydrogen-bond donors (Lipinski definition) is 1. The molecular formula is C17H19NO2S. The van der Waals surface area contributed by atoms with E-state index in [-0.39, 0.29) is 5.91 Å². The van der Waals surface area contributed by atoms with Crippen LogP contribution in [0.2, 0.25) is 0 Å². The molecule has 2 aromatic rings. The predicted octanol–water partition coefficient (Wildman–Crippen LogP) is 3.36. The van der Waals surface area contributed by atoms with Gasteiger partial charge in [0.15, 0.2) is 0 Å². The second-order valence-electron chi connectivity index (χ2n) is 4.55. The second-order valence-corrected chi connectivity index (χ2v) is 5.72. The minimum atomic E-state index is -0.0346. The highest BCUT2D eigenvalue weighted by molar-refractivity contribution is 7.99. The number of ether oxygens (including phenoxy) is 1. The Bertz CT molecular complexity index is 555. The summed E-state index contributed by atoms with van der Waals surface area (Å²) in [6.45, 7) is 1.22. The number of carbonyl (C=O) groups is 1. The molecule has 3 nitrogen and oxygen atoms in total. The van der Waals surface area contributed by atoms with Crippen molar-refractivity contribution in [1.29, 1.82) is 0 Å². The van der Waals surface area contributed by atoms with Crippen molar-refractivity contribution >= 4 is 17.7 Å². The molecule has 1 amide bonds. The van der Waals surface area contributed by atoms with Gasteiger partial charge in [0.2, 0.25) is 0 Å². The van der Waals surface area contributed by atoms with Gasteiger partial charge < -0.3 is 10.1 Å². The highest BCUT2D eigenvalue weighted by Crippen LogP contribution is 2.15. The zero-order valence-electron chi connectivity index (χ0n) is 12.0. The summed E-state index contributed by atoms with van der Waals surface area (Å²) in [7, 11) is 1.66. The highest BCUT2D eigenvalue weighted by atomic mass is 32.2. The van der Waals surface area contributed by atoms with Gasteiger partial charge in [0.05, 0.1) is 6.61 Å². The van der Waals surface area contributed by atoms with Crippen LogP contribution in [-0.2, 0) is 11.3 Å². The summed E-state index contributed by atoms with van der Waals surface area (Å²) in [5, 5.41) is 2.93. The topological polar surface area (TPSA) is 38.3 Å². The average Bonchev–Trinajstić information content (AvgIpc) is 2.53. The maximum atomic E-state index is 12.0. The Morgan fingerprint density at radius 2 is 1.81 bits per heavy atom. The van der Waals surface area contributed by atoms with Gasteiger partial charge in [0.1, 0.15) is 0 Å². The van der Waals surface area contributed by atoms with Crippen LogP contribution in [0.5, 0.6) is 0 Å². The van der Waals surface area contributed by atoms with Crippen LogP contribution in [0, 0.1) is 0 Å². The third-order valence-corrected chi connectivity index (χ3v) is 3.94. The number of rotatable bonds is 7. The van der Waals surface area contributed by atoms with Gasteiger partial charge in [0, 0.05) is 29.9 Å². The molecule has 0 saturated carbocycles. The number of amides is 1. The second kappa shape index (κ2) is 8.49. The Morgan fingerprint density at radius 3 is 2.48 bits per heavy atom. The predicted molar refractivity (Wildman–Crippen MR) is 86.7 cm³/mol. The molecule has 0 radical (unpaired) electrons. The van der Waals surface area contributed by atoms with Crippen molar-refractivity contribution in [3.63, 3.8) is 0 Å². The smallest absolute Gasteiger partial charge is 0.251 e. The van der Waals surface area contributed by atoms with E-state index in [9.17, 15) is 4.79 Å². The monoisotopic (exact) mass is 301 g/mol. The largest absolute Gasteiger partial charge is 0.380 e. The summed E-state index contributed by atoms with van der Waals surface area (Å²) >= 11 is 1.74. The molecule has 0 aliphatic heterocycles. The van der Waals surface area contributed by atoms with Crippen molar-refractivity contribution in [1.82, 2.24) is 5.32 Å². The first-order valence-corrected chi connectivity index (χ1v) is 7.82. The van der Waals surface area contributed by atoms with Crippen molar-refractivity contribution in [2.24, 2.45) is 0 Å². The highest BCUT2D eigenvalue weighted by Gasteiger charge is 2.04. The van der Waals surface area contributed by atoms with Crippen LogP contribution in [0.3, 0.4) is 0 Å². The molecular weight excluding hydrogens is 282 g/mol. The van der Waals surface area contributed by atoms with Crippen LogP contribution < -0.4 is 5.32 Å². The molecule has 0 aromatic heterocycles. The molecule has 0 saturated heterocycles. The van der Waals surface area contributed by atoms with E-state index in [0.717, 1.165) is 11.3 Å². The van der Waals surface area contributed by atoms with Crippen LogP contribution in [0.25, 0.3) is 0 Å². The van der Waals surface area contributed by atoms with E-state index in [1.807, 2.05) is 42.5 Å². The van der Waals surface area contributed by atoms with Crippen LogP contribution in [0.15, 0.2) is 59.5 Å². The van der Waals surface area contributed by atoms with Gasteiger partial charge in [-0.2, -0.15) is 0 Å². The maximum absolute atomic E-state index is 12.0. The molecule has 110 valence electrons. The summed E-state index contributed by atoms with van der Waals surface area (Å²) in [6, 6.07) is 17.7. The molecule has 0 aliphatic carbocycles.